The molecule has 1 fully saturated rings. The van der Waals surface area contributed by atoms with Crippen molar-refractivity contribution in [1.82, 2.24) is 15.0 Å². The van der Waals surface area contributed by atoms with E-state index in [1.54, 1.807) is 6.20 Å². The van der Waals surface area contributed by atoms with Gasteiger partial charge in [-0.05, 0) is 42.3 Å². The summed E-state index contributed by atoms with van der Waals surface area (Å²) in [5.41, 5.74) is 4.42. The van der Waals surface area contributed by atoms with Crippen molar-refractivity contribution < 1.29 is 4.74 Å². The normalized spacial score (nSPS) is 18.8. The van der Waals surface area contributed by atoms with Crippen LogP contribution < -0.4 is 10.2 Å². The molecule has 28 heavy (non-hydrogen) atoms. The summed E-state index contributed by atoms with van der Waals surface area (Å²) < 4.78 is 5.73. The van der Waals surface area contributed by atoms with Crippen LogP contribution in [0.4, 0.5) is 11.6 Å². The van der Waals surface area contributed by atoms with Crippen molar-refractivity contribution in [3.63, 3.8) is 0 Å². The number of nitrogens with zero attached hydrogens (tertiary/aromatic N) is 4. The second-order valence-electron chi connectivity index (χ2n) is 7.31. The van der Waals surface area contributed by atoms with Gasteiger partial charge in [0.2, 0.25) is 5.95 Å². The maximum Gasteiger partial charge on any atom is 0.223 e. The van der Waals surface area contributed by atoms with Gasteiger partial charge in [0, 0.05) is 49.9 Å². The fourth-order valence-corrected chi connectivity index (χ4v) is 3.47. The first-order chi connectivity index (χ1) is 13.7. The first-order valence-corrected chi connectivity index (χ1v) is 9.53. The molecule has 0 amide bonds. The smallest absolute Gasteiger partial charge is 0.223 e. The van der Waals surface area contributed by atoms with Crippen LogP contribution >= 0.6 is 0 Å². The second kappa shape index (κ2) is 8.35. The van der Waals surface area contributed by atoms with Crippen molar-refractivity contribution >= 4 is 11.6 Å². The number of benzene rings is 1. The Labute approximate surface area is 165 Å². The zero-order chi connectivity index (χ0) is 19.3. The van der Waals surface area contributed by atoms with Crippen LogP contribution in [0.5, 0.6) is 0 Å². The van der Waals surface area contributed by atoms with E-state index >= 15 is 0 Å². The van der Waals surface area contributed by atoms with Crippen LogP contribution in [0.1, 0.15) is 5.56 Å². The van der Waals surface area contributed by atoms with Crippen molar-refractivity contribution in [1.29, 1.82) is 0 Å². The van der Waals surface area contributed by atoms with E-state index in [4.69, 9.17) is 9.72 Å². The highest BCUT2D eigenvalue weighted by atomic mass is 16.5. The van der Waals surface area contributed by atoms with Crippen LogP contribution in [-0.2, 0) is 11.2 Å². The molecule has 0 saturated carbocycles. The van der Waals surface area contributed by atoms with Gasteiger partial charge in [-0.15, -0.1) is 0 Å². The largest absolute Gasteiger partial charge is 0.379 e. The minimum atomic E-state index is 0.194. The topological polar surface area (TPSA) is 63.2 Å². The molecule has 0 unspecified atom stereocenters. The Balaban J connectivity index is 1.47. The highest BCUT2D eigenvalue weighted by molar-refractivity contribution is 5.63. The number of pyridine rings is 1. The Morgan fingerprint density at radius 3 is 2.54 bits per heavy atom. The Morgan fingerprint density at radius 2 is 1.79 bits per heavy atom. The quantitative estimate of drug-likeness (QED) is 0.713. The standard InChI is InChI=1S/C22H25N5O/c1-27(2)19-5-3-17(4-6-19)20-9-12-24-22(25-20)26-21-15-28-14-18(21)13-16-7-10-23-11-8-16/h3-12,18,21H,13-15H2,1-2H3,(H,24,25,26)/t18-,21-/m1/s1. The molecule has 2 atom stereocenters. The van der Waals surface area contributed by atoms with Gasteiger partial charge < -0.3 is 15.0 Å². The lowest BCUT2D eigenvalue weighted by Gasteiger charge is -2.19. The monoisotopic (exact) mass is 375 g/mol. The van der Waals surface area contributed by atoms with Crippen molar-refractivity contribution in [3.05, 3.63) is 66.6 Å². The lowest BCUT2D eigenvalue weighted by Crippen LogP contribution is -2.30. The predicted molar refractivity (Wildman–Crippen MR) is 111 cm³/mol. The van der Waals surface area contributed by atoms with Crippen LogP contribution in [0.2, 0.25) is 0 Å². The van der Waals surface area contributed by atoms with Gasteiger partial charge >= 0.3 is 0 Å². The van der Waals surface area contributed by atoms with Crippen LogP contribution in [0.25, 0.3) is 11.3 Å². The van der Waals surface area contributed by atoms with Crippen LogP contribution in [0.15, 0.2) is 61.1 Å². The van der Waals surface area contributed by atoms with Gasteiger partial charge in [-0.3, -0.25) is 4.98 Å². The molecule has 2 aromatic heterocycles. The predicted octanol–water partition coefficient (Wildman–Crippen LogP) is 3.27. The van der Waals surface area contributed by atoms with Gasteiger partial charge in [-0.1, -0.05) is 12.1 Å². The maximum absolute atomic E-state index is 5.73. The molecule has 0 spiro atoms. The van der Waals surface area contributed by atoms with E-state index in [-0.39, 0.29) is 6.04 Å². The molecule has 3 heterocycles. The summed E-state index contributed by atoms with van der Waals surface area (Å²) in [5.74, 6) is 1.03. The van der Waals surface area contributed by atoms with Crippen LogP contribution in [-0.4, -0.2) is 48.3 Å². The van der Waals surface area contributed by atoms with Crippen LogP contribution in [0.3, 0.4) is 0 Å². The summed E-state index contributed by atoms with van der Waals surface area (Å²) in [6, 6.07) is 14.6. The molecule has 1 N–H and O–H groups in total. The van der Waals surface area contributed by atoms with E-state index in [1.165, 1.54) is 11.3 Å². The van der Waals surface area contributed by atoms with Gasteiger partial charge in [-0.2, -0.15) is 0 Å². The summed E-state index contributed by atoms with van der Waals surface area (Å²) in [5, 5.41) is 3.48. The second-order valence-corrected chi connectivity index (χ2v) is 7.31. The van der Waals surface area contributed by atoms with Gasteiger partial charge in [0.25, 0.3) is 0 Å². The van der Waals surface area contributed by atoms with E-state index in [2.05, 4.69) is 56.6 Å². The summed E-state index contributed by atoms with van der Waals surface area (Å²) in [6.07, 6.45) is 6.42. The fourth-order valence-electron chi connectivity index (χ4n) is 3.47. The molecule has 0 aliphatic carbocycles. The van der Waals surface area contributed by atoms with Crippen molar-refractivity contribution in [2.75, 3.05) is 37.5 Å². The third-order valence-electron chi connectivity index (χ3n) is 5.10. The zero-order valence-corrected chi connectivity index (χ0v) is 16.2. The van der Waals surface area contributed by atoms with E-state index in [9.17, 15) is 0 Å². The number of hydrogen-bond acceptors (Lipinski definition) is 6. The number of aromatic nitrogens is 3. The average molecular weight is 375 g/mol. The van der Waals surface area contributed by atoms with Gasteiger partial charge in [0.1, 0.15) is 0 Å². The molecule has 144 valence electrons. The van der Waals surface area contributed by atoms with Crippen molar-refractivity contribution in [2.24, 2.45) is 5.92 Å². The average Bonchev–Trinajstić information content (AvgIpc) is 3.15. The molecule has 0 radical (unpaired) electrons. The molecular formula is C22H25N5O. The zero-order valence-electron chi connectivity index (χ0n) is 16.2. The van der Waals surface area contributed by atoms with Crippen molar-refractivity contribution in [3.8, 4) is 11.3 Å². The van der Waals surface area contributed by atoms with Gasteiger partial charge in [0.15, 0.2) is 0 Å². The first kappa shape index (κ1) is 18.4. The summed E-state index contributed by atoms with van der Waals surface area (Å²) >= 11 is 0. The molecule has 4 rings (SSSR count). The molecule has 1 aliphatic rings. The summed E-state index contributed by atoms with van der Waals surface area (Å²) in [6.45, 7) is 1.41. The first-order valence-electron chi connectivity index (χ1n) is 9.53. The minimum absolute atomic E-state index is 0.194. The third kappa shape index (κ3) is 4.28. The maximum atomic E-state index is 5.73. The molecular weight excluding hydrogens is 350 g/mol. The molecule has 1 saturated heterocycles. The highest BCUT2D eigenvalue weighted by Gasteiger charge is 2.29. The summed E-state index contributed by atoms with van der Waals surface area (Å²) in [4.78, 5) is 15.3. The van der Waals surface area contributed by atoms with Gasteiger partial charge in [0.05, 0.1) is 24.9 Å². The molecule has 6 nitrogen and oxygen atoms in total. The minimum Gasteiger partial charge on any atom is -0.379 e. The lowest BCUT2D eigenvalue weighted by molar-refractivity contribution is 0.185. The molecule has 3 aromatic rings. The number of anilines is 2. The number of nitrogens with one attached hydrogen (secondary N) is 1. The highest BCUT2D eigenvalue weighted by Crippen LogP contribution is 2.24. The SMILES string of the molecule is CN(C)c1ccc(-c2ccnc(N[C@@H]3COC[C@H]3Cc3ccncc3)n2)cc1. The Hall–Kier alpha value is -2.99. The Bertz CT molecular complexity index is 898. The third-order valence-corrected chi connectivity index (χ3v) is 5.10. The lowest BCUT2D eigenvalue weighted by atomic mass is 9.95. The van der Waals surface area contributed by atoms with E-state index in [0.717, 1.165) is 24.3 Å². The van der Waals surface area contributed by atoms with Crippen LogP contribution in [0, 0.1) is 5.92 Å². The molecule has 6 heteroatoms. The van der Waals surface area contributed by atoms with Crippen molar-refractivity contribution in [2.45, 2.75) is 12.5 Å². The summed E-state index contributed by atoms with van der Waals surface area (Å²) in [7, 11) is 4.07. The van der Waals surface area contributed by atoms with Gasteiger partial charge in [-0.25, -0.2) is 9.97 Å². The number of hydrogen-bond donors (Lipinski definition) is 1. The van der Waals surface area contributed by atoms with E-state index in [0.29, 0.717) is 18.5 Å². The molecule has 0 bridgehead atoms. The fraction of sp³-hybridized carbons (Fsp3) is 0.318. The Morgan fingerprint density at radius 1 is 1.00 bits per heavy atom. The Kier molecular flexibility index (Phi) is 5.48. The van der Waals surface area contributed by atoms with E-state index in [1.807, 2.05) is 32.6 Å². The molecule has 1 aromatic carbocycles. The molecule has 1 aliphatic heterocycles. The number of ether oxygens (including phenoxy) is 1. The number of rotatable bonds is 6. The van der Waals surface area contributed by atoms with E-state index < -0.39 is 0 Å².